The van der Waals surface area contributed by atoms with Gasteiger partial charge in [-0.2, -0.15) is 5.26 Å². The van der Waals surface area contributed by atoms with Gasteiger partial charge < -0.3 is 14.8 Å². The van der Waals surface area contributed by atoms with Gasteiger partial charge in [0.05, 0.1) is 18.2 Å². The summed E-state index contributed by atoms with van der Waals surface area (Å²) in [6.07, 6.45) is 0. The van der Waals surface area contributed by atoms with Gasteiger partial charge >= 0.3 is 5.97 Å². The van der Waals surface area contributed by atoms with Gasteiger partial charge in [-0.25, -0.2) is 4.79 Å². The summed E-state index contributed by atoms with van der Waals surface area (Å²) in [4.78, 5) is 26.0. The van der Waals surface area contributed by atoms with E-state index in [9.17, 15) is 14.9 Å². The topological polar surface area (TPSA) is 88.4 Å². The van der Waals surface area contributed by atoms with Crippen LogP contribution in [0.3, 0.4) is 0 Å². The largest absolute Gasteiger partial charge is 0.497 e. The standard InChI is InChI=1S/C24H20N2O4S/c1-29-19-12-10-17(11-13-19)15-26-23(27)16-30-24(28)20-7-3-5-9-22(20)31-21-8-4-2-6-18(21)14-25/h2-13H,15-16H2,1H3,(H,26,27). The zero-order chi connectivity index (χ0) is 22.1. The second kappa shape index (κ2) is 10.9. The lowest BCUT2D eigenvalue weighted by atomic mass is 10.2. The van der Waals surface area contributed by atoms with E-state index in [1.165, 1.54) is 11.8 Å². The third-order valence-electron chi connectivity index (χ3n) is 4.32. The van der Waals surface area contributed by atoms with Crippen molar-refractivity contribution in [2.75, 3.05) is 13.7 Å². The van der Waals surface area contributed by atoms with Gasteiger partial charge in [-0.15, -0.1) is 0 Å². The monoisotopic (exact) mass is 432 g/mol. The molecule has 0 aliphatic heterocycles. The Balaban J connectivity index is 1.58. The molecule has 0 heterocycles. The van der Waals surface area contributed by atoms with Crippen LogP contribution >= 0.6 is 11.8 Å². The number of hydrogen-bond acceptors (Lipinski definition) is 6. The number of nitrogens with zero attached hydrogens (tertiary/aromatic N) is 1. The number of carbonyl (C=O) groups excluding carboxylic acids is 2. The minimum atomic E-state index is -0.600. The van der Waals surface area contributed by atoms with Crippen LogP contribution in [0.2, 0.25) is 0 Å². The average Bonchev–Trinajstić information content (AvgIpc) is 2.82. The average molecular weight is 433 g/mol. The Kier molecular flexibility index (Phi) is 7.68. The first-order valence-corrected chi connectivity index (χ1v) is 10.2. The molecule has 1 amide bonds. The minimum absolute atomic E-state index is 0.317. The Morgan fingerprint density at radius 3 is 2.35 bits per heavy atom. The smallest absolute Gasteiger partial charge is 0.339 e. The lowest BCUT2D eigenvalue weighted by Crippen LogP contribution is -2.28. The fraction of sp³-hybridized carbons (Fsp3) is 0.125. The first-order chi connectivity index (χ1) is 15.1. The lowest BCUT2D eigenvalue weighted by molar-refractivity contribution is -0.124. The molecule has 0 bridgehead atoms. The van der Waals surface area contributed by atoms with Crippen LogP contribution in [0, 0.1) is 11.3 Å². The maximum absolute atomic E-state index is 12.6. The maximum Gasteiger partial charge on any atom is 0.339 e. The number of benzene rings is 3. The quantitative estimate of drug-likeness (QED) is 0.537. The zero-order valence-corrected chi connectivity index (χ0v) is 17.6. The highest BCUT2D eigenvalue weighted by Gasteiger charge is 2.16. The number of methoxy groups -OCH3 is 1. The molecule has 3 aromatic rings. The highest BCUT2D eigenvalue weighted by atomic mass is 32.2. The summed E-state index contributed by atoms with van der Waals surface area (Å²) in [5.74, 6) is -0.265. The summed E-state index contributed by atoms with van der Waals surface area (Å²) in [7, 11) is 1.59. The van der Waals surface area contributed by atoms with E-state index in [1.807, 2.05) is 24.3 Å². The molecule has 0 fully saturated rings. The fourth-order valence-electron chi connectivity index (χ4n) is 2.69. The maximum atomic E-state index is 12.6. The van der Waals surface area contributed by atoms with Crippen LogP contribution in [-0.4, -0.2) is 25.6 Å². The van der Waals surface area contributed by atoms with Crippen molar-refractivity contribution in [1.82, 2.24) is 5.32 Å². The van der Waals surface area contributed by atoms with Crippen molar-refractivity contribution in [3.05, 3.63) is 89.5 Å². The van der Waals surface area contributed by atoms with Crippen molar-refractivity contribution in [3.8, 4) is 11.8 Å². The summed E-state index contributed by atoms with van der Waals surface area (Å²) in [6, 6.07) is 23.5. The number of nitrogens with one attached hydrogen (secondary N) is 1. The van der Waals surface area contributed by atoms with E-state index in [4.69, 9.17) is 9.47 Å². The number of esters is 1. The van der Waals surface area contributed by atoms with Gasteiger partial charge in [0.25, 0.3) is 5.91 Å². The van der Waals surface area contributed by atoms with E-state index >= 15 is 0 Å². The molecule has 0 aromatic heterocycles. The summed E-state index contributed by atoms with van der Waals surface area (Å²) in [5, 5.41) is 12.0. The van der Waals surface area contributed by atoms with Crippen LogP contribution in [0.4, 0.5) is 0 Å². The van der Waals surface area contributed by atoms with Gasteiger partial charge in [-0.3, -0.25) is 4.79 Å². The Bertz CT molecular complexity index is 1110. The molecule has 3 rings (SSSR count). The number of rotatable bonds is 8. The predicted octanol–water partition coefficient (Wildman–Crippen LogP) is 4.19. The molecule has 3 aromatic carbocycles. The van der Waals surface area contributed by atoms with Crippen molar-refractivity contribution < 1.29 is 19.1 Å². The molecular weight excluding hydrogens is 412 g/mol. The Morgan fingerprint density at radius 1 is 0.968 bits per heavy atom. The molecule has 1 N–H and O–H groups in total. The Hall–Kier alpha value is -3.76. The molecule has 156 valence electrons. The molecule has 0 radical (unpaired) electrons. The van der Waals surface area contributed by atoms with Crippen molar-refractivity contribution in [2.45, 2.75) is 16.3 Å². The van der Waals surface area contributed by atoms with Gasteiger partial charge in [-0.05, 0) is 42.0 Å². The van der Waals surface area contributed by atoms with Crippen molar-refractivity contribution in [2.24, 2.45) is 0 Å². The first kappa shape index (κ1) is 21.9. The third kappa shape index (κ3) is 6.11. The molecule has 0 aliphatic carbocycles. The number of ether oxygens (including phenoxy) is 2. The summed E-state index contributed by atoms with van der Waals surface area (Å²) in [6.45, 7) is -0.0689. The highest BCUT2D eigenvalue weighted by Crippen LogP contribution is 2.32. The number of hydrogen-bond donors (Lipinski definition) is 1. The Morgan fingerprint density at radius 2 is 1.65 bits per heavy atom. The van der Waals surface area contributed by atoms with Crippen LogP contribution in [0.25, 0.3) is 0 Å². The van der Waals surface area contributed by atoms with Crippen LogP contribution in [-0.2, 0) is 16.1 Å². The van der Waals surface area contributed by atoms with E-state index in [0.29, 0.717) is 22.6 Å². The third-order valence-corrected chi connectivity index (χ3v) is 5.47. The molecule has 0 saturated carbocycles. The van der Waals surface area contributed by atoms with Gasteiger partial charge in [0.15, 0.2) is 6.61 Å². The van der Waals surface area contributed by atoms with Gasteiger partial charge in [-0.1, -0.05) is 48.2 Å². The Labute approximate surface area is 184 Å². The molecule has 0 atom stereocenters. The SMILES string of the molecule is COc1ccc(CNC(=O)COC(=O)c2ccccc2Sc2ccccc2C#N)cc1. The summed E-state index contributed by atoms with van der Waals surface area (Å²) < 4.78 is 10.3. The van der Waals surface area contributed by atoms with Crippen molar-refractivity contribution >= 4 is 23.6 Å². The molecule has 0 aliphatic rings. The van der Waals surface area contributed by atoms with Crippen molar-refractivity contribution in [1.29, 1.82) is 5.26 Å². The predicted molar refractivity (Wildman–Crippen MR) is 117 cm³/mol. The fourth-order valence-corrected chi connectivity index (χ4v) is 3.71. The van der Waals surface area contributed by atoms with Crippen LogP contribution < -0.4 is 10.1 Å². The molecule has 7 heteroatoms. The molecule has 0 spiro atoms. The second-order valence-electron chi connectivity index (χ2n) is 6.41. The van der Waals surface area contributed by atoms with Gasteiger partial charge in [0.1, 0.15) is 11.8 Å². The number of carbonyl (C=O) groups is 2. The zero-order valence-electron chi connectivity index (χ0n) is 16.8. The van der Waals surface area contributed by atoms with E-state index in [2.05, 4.69) is 11.4 Å². The number of amides is 1. The summed E-state index contributed by atoms with van der Waals surface area (Å²) >= 11 is 1.30. The van der Waals surface area contributed by atoms with Crippen LogP contribution in [0.1, 0.15) is 21.5 Å². The number of nitriles is 1. The van der Waals surface area contributed by atoms with Gasteiger partial charge in [0.2, 0.25) is 0 Å². The summed E-state index contributed by atoms with van der Waals surface area (Å²) in [5.41, 5.74) is 1.76. The van der Waals surface area contributed by atoms with E-state index in [-0.39, 0.29) is 6.61 Å². The highest BCUT2D eigenvalue weighted by molar-refractivity contribution is 7.99. The molecule has 0 unspecified atom stereocenters. The molecular formula is C24H20N2O4S. The van der Waals surface area contributed by atoms with E-state index in [0.717, 1.165) is 16.2 Å². The normalized spacial score (nSPS) is 10.1. The lowest BCUT2D eigenvalue weighted by Gasteiger charge is -2.10. The van der Waals surface area contributed by atoms with Crippen LogP contribution in [0.15, 0.2) is 82.6 Å². The second-order valence-corrected chi connectivity index (χ2v) is 7.49. The molecule has 6 nitrogen and oxygen atoms in total. The molecule has 31 heavy (non-hydrogen) atoms. The van der Waals surface area contributed by atoms with E-state index in [1.54, 1.807) is 55.6 Å². The van der Waals surface area contributed by atoms with E-state index < -0.39 is 11.9 Å². The molecule has 0 saturated heterocycles. The van der Waals surface area contributed by atoms with Gasteiger partial charge in [0, 0.05) is 16.3 Å². The minimum Gasteiger partial charge on any atom is -0.497 e. The van der Waals surface area contributed by atoms with Crippen LogP contribution in [0.5, 0.6) is 5.75 Å². The first-order valence-electron chi connectivity index (χ1n) is 9.43. The van der Waals surface area contributed by atoms with Crippen molar-refractivity contribution in [3.63, 3.8) is 0 Å².